The van der Waals surface area contributed by atoms with Gasteiger partial charge in [-0.2, -0.15) is 0 Å². The third kappa shape index (κ3) is 4.30. The van der Waals surface area contributed by atoms with Crippen LogP contribution >= 0.6 is 31.9 Å². The maximum absolute atomic E-state index is 5.96. The molecule has 1 N–H and O–H groups in total. The van der Waals surface area contributed by atoms with Crippen molar-refractivity contribution in [2.75, 3.05) is 0 Å². The molecule has 0 amide bonds. The van der Waals surface area contributed by atoms with Gasteiger partial charge in [-0.15, -0.1) is 0 Å². The van der Waals surface area contributed by atoms with Crippen LogP contribution in [0.4, 0.5) is 0 Å². The Balaban J connectivity index is 2.20. The molecule has 2 rings (SSSR count). The first-order valence-corrected chi connectivity index (χ1v) is 7.94. The van der Waals surface area contributed by atoms with Gasteiger partial charge in [-0.25, -0.2) is 0 Å². The van der Waals surface area contributed by atoms with E-state index in [9.17, 15) is 0 Å². The Morgan fingerprint density at radius 2 is 2.00 bits per heavy atom. The van der Waals surface area contributed by atoms with Crippen LogP contribution in [0.15, 0.2) is 45.6 Å². The summed E-state index contributed by atoms with van der Waals surface area (Å²) < 4.78 is 7.86. The molecule has 0 unspecified atom stereocenters. The van der Waals surface area contributed by atoms with Gasteiger partial charge in [0.15, 0.2) is 0 Å². The molecule has 106 valence electrons. The molecular weight excluding hydrogens is 384 g/mol. The lowest BCUT2D eigenvalue weighted by molar-refractivity contribution is 0.464. The molecule has 0 radical (unpaired) electrons. The van der Waals surface area contributed by atoms with E-state index in [1.165, 1.54) is 0 Å². The molecule has 0 aliphatic carbocycles. The van der Waals surface area contributed by atoms with Crippen molar-refractivity contribution in [3.05, 3.63) is 51.2 Å². The summed E-state index contributed by atoms with van der Waals surface area (Å²) >= 11 is 6.93. The maximum Gasteiger partial charge on any atom is 0.150 e. The fraction of sp³-hybridized carbons (Fsp3) is 0.267. The lowest BCUT2D eigenvalue weighted by Gasteiger charge is -2.14. The molecule has 20 heavy (non-hydrogen) atoms. The minimum Gasteiger partial charge on any atom is -0.454 e. The molecule has 0 saturated heterocycles. The van der Waals surface area contributed by atoms with Crippen molar-refractivity contribution in [3.8, 4) is 11.5 Å². The lowest BCUT2D eigenvalue weighted by Crippen LogP contribution is -2.22. The van der Waals surface area contributed by atoms with Crippen molar-refractivity contribution in [3.63, 3.8) is 0 Å². The molecule has 0 aliphatic heterocycles. The van der Waals surface area contributed by atoms with E-state index in [0.29, 0.717) is 6.04 Å². The van der Waals surface area contributed by atoms with Crippen LogP contribution in [0.1, 0.15) is 19.4 Å². The molecule has 0 fully saturated rings. The van der Waals surface area contributed by atoms with E-state index in [2.05, 4.69) is 56.0 Å². The van der Waals surface area contributed by atoms with E-state index in [1.807, 2.05) is 24.3 Å². The zero-order valence-corrected chi connectivity index (χ0v) is 14.5. The van der Waals surface area contributed by atoms with E-state index in [4.69, 9.17) is 4.74 Å². The average Bonchev–Trinajstić information content (AvgIpc) is 2.41. The van der Waals surface area contributed by atoms with E-state index in [0.717, 1.165) is 32.6 Å². The normalized spacial score (nSPS) is 10.8. The number of ether oxygens (including phenoxy) is 1. The van der Waals surface area contributed by atoms with Crippen molar-refractivity contribution in [1.82, 2.24) is 10.3 Å². The highest BCUT2D eigenvalue weighted by atomic mass is 79.9. The molecule has 0 saturated carbocycles. The number of aromatic nitrogens is 1. The first-order chi connectivity index (χ1) is 9.56. The predicted molar refractivity (Wildman–Crippen MR) is 88.1 cm³/mol. The second-order valence-corrected chi connectivity index (χ2v) is 6.47. The molecule has 2 aromatic rings. The van der Waals surface area contributed by atoms with Crippen molar-refractivity contribution in [2.45, 2.75) is 26.4 Å². The molecule has 0 aliphatic rings. The van der Waals surface area contributed by atoms with Gasteiger partial charge in [0, 0.05) is 28.8 Å². The summed E-state index contributed by atoms with van der Waals surface area (Å²) in [7, 11) is 0. The van der Waals surface area contributed by atoms with Crippen LogP contribution in [0.25, 0.3) is 0 Å². The Morgan fingerprint density at radius 3 is 2.70 bits per heavy atom. The number of nitrogens with one attached hydrogen (secondary N) is 1. The fourth-order valence-electron chi connectivity index (χ4n) is 1.64. The monoisotopic (exact) mass is 398 g/mol. The number of nitrogens with zero attached hydrogens (tertiary/aromatic N) is 1. The Labute approximate surface area is 136 Å². The van der Waals surface area contributed by atoms with Gasteiger partial charge in [-0.1, -0.05) is 29.8 Å². The second-order valence-electron chi connectivity index (χ2n) is 4.70. The summed E-state index contributed by atoms with van der Waals surface area (Å²) in [5.41, 5.74) is 1.09. The predicted octanol–water partition coefficient (Wildman–Crippen LogP) is 4.90. The first kappa shape index (κ1) is 15.5. The lowest BCUT2D eigenvalue weighted by atomic mass is 10.2. The molecule has 0 atom stereocenters. The number of hydrogen-bond acceptors (Lipinski definition) is 3. The molecule has 1 aromatic heterocycles. The molecule has 3 nitrogen and oxygen atoms in total. The number of pyridine rings is 1. The average molecular weight is 400 g/mol. The third-order valence-corrected chi connectivity index (χ3v) is 3.80. The Kier molecular flexibility index (Phi) is 5.57. The van der Waals surface area contributed by atoms with Gasteiger partial charge in [0.25, 0.3) is 0 Å². The summed E-state index contributed by atoms with van der Waals surface area (Å²) in [4.78, 5) is 4.14. The SMILES string of the molecule is CC(C)NCc1ccncc1Oc1ccc(Br)cc1Br. The van der Waals surface area contributed by atoms with Gasteiger partial charge in [-0.3, -0.25) is 4.98 Å². The zero-order chi connectivity index (χ0) is 14.5. The second kappa shape index (κ2) is 7.20. The van der Waals surface area contributed by atoms with Crippen molar-refractivity contribution < 1.29 is 4.74 Å². The van der Waals surface area contributed by atoms with Crippen molar-refractivity contribution >= 4 is 31.9 Å². The van der Waals surface area contributed by atoms with Crippen LogP contribution in [0.2, 0.25) is 0 Å². The van der Waals surface area contributed by atoms with Crippen LogP contribution in [0, 0.1) is 0 Å². The highest BCUT2D eigenvalue weighted by Crippen LogP contribution is 2.33. The topological polar surface area (TPSA) is 34.2 Å². The Hall–Kier alpha value is -0.910. The van der Waals surface area contributed by atoms with E-state index in [-0.39, 0.29) is 0 Å². The Morgan fingerprint density at radius 1 is 1.20 bits per heavy atom. The summed E-state index contributed by atoms with van der Waals surface area (Å²) in [6.45, 7) is 4.99. The third-order valence-electron chi connectivity index (χ3n) is 2.68. The van der Waals surface area contributed by atoms with Gasteiger partial charge >= 0.3 is 0 Å². The molecule has 1 aromatic carbocycles. The molecule has 5 heteroatoms. The van der Waals surface area contributed by atoms with Crippen molar-refractivity contribution in [2.24, 2.45) is 0 Å². The van der Waals surface area contributed by atoms with Crippen LogP contribution < -0.4 is 10.1 Å². The molecular formula is C15H16Br2N2O. The van der Waals surface area contributed by atoms with Gasteiger partial charge < -0.3 is 10.1 Å². The van der Waals surface area contributed by atoms with Gasteiger partial charge in [0.2, 0.25) is 0 Å². The van der Waals surface area contributed by atoms with E-state index < -0.39 is 0 Å². The first-order valence-electron chi connectivity index (χ1n) is 6.35. The number of rotatable bonds is 5. The molecule has 0 bridgehead atoms. The van der Waals surface area contributed by atoms with Gasteiger partial charge in [0.05, 0.1) is 10.7 Å². The highest BCUT2D eigenvalue weighted by molar-refractivity contribution is 9.11. The van der Waals surface area contributed by atoms with Crippen molar-refractivity contribution in [1.29, 1.82) is 0 Å². The Bertz CT molecular complexity index is 588. The number of halogens is 2. The highest BCUT2D eigenvalue weighted by Gasteiger charge is 2.08. The van der Waals surface area contributed by atoms with Gasteiger partial charge in [-0.05, 0) is 40.2 Å². The molecule has 1 heterocycles. The largest absolute Gasteiger partial charge is 0.454 e. The maximum atomic E-state index is 5.96. The van der Waals surface area contributed by atoms with Crippen LogP contribution in [-0.2, 0) is 6.54 Å². The quantitative estimate of drug-likeness (QED) is 0.776. The fourth-order valence-corrected chi connectivity index (χ4v) is 2.77. The van der Waals surface area contributed by atoms with Gasteiger partial charge in [0.1, 0.15) is 11.5 Å². The van der Waals surface area contributed by atoms with E-state index in [1.54, 1.807) is 12.4 Å². The van der Waals surface area contributed by atoms with Crippen LogP contribution in [-0.4, -0.2) is 11.0 Å². The van der Waals surface area contributed by atoms with Crippen LogP contribution in [0.3, 0.4) is 0 Å². The minimum absolute atomic E-state index is 0.426. The summed E-state index contributed by atoms with van der Waals surface area (Å²) in [5, 5.41) is 3.38. The molecule has 0 spiro atoms. The number of hydrogen-bond donors (Lipinski definition) is 1. The minimum atomic E-state index is 0.426. The summed E-state index contributed by atoms with van der Waals surface area (Å²) in [5.74, 6) is 1.54. The summed E-state index contributed by atoms with van der Waals surface area (Å²) in [6.07, 6.45) is 3.52. The zero-order valence-electron chi connectivity index (χ0n) is 11.4. The summed E-state index contributed by atoms with van der Waals surface area (Å²) in [6, 6.07) is 8.22. The number of benzene rings is 1. The van der Waals surface area contributed by atoms with Crippen LogP contribution in [0.5, 0.6) is 11.5 Å². The van der Waals surface area contributed by atoms with E-state index >= 15 is 0 Å². The smallest absolute Gasteiger partial charge is 0.150 e. The standard InChI is InChI=1S/C15H16Br2N2O/c1-10(2)19-8-11-5-6-18-9-15(11)20-14-4-3-12(16)7-13(14)17/h3-7,9-10,19H,8H2,1-2H3.